The molecule has 1 aliphatic rings. The fourth-order valence-corrected chi connectivity index (χ4v) is 3.09. The monoisotopic (exact) mass is 285 g/mol. The van der Waals surface area contributed by atoms with Gasteiger partial charge in [0.05, 0.1) is 10.5 Å². The molecule has 1 fully saturated rings. The Morgan fingerprint density at radius 3 is 2.85 bits per heavy atom. The van der Waals surface area contributed by atoms with E-state index in [0.717, 1.165) is 38.0 Å². The predicted octanol–water partition coefficient (Wildman–Crippen LogP) is 2.73. The SMILES string of the molecule is NC(=S)C1CCN(Cc2ccc3ncccc3c2)CC1. The maximum atomic E-state index is 5.73. The molecule has 0 bridgehead atoms. The lowest BCUT2D eigenvalue weighted by Gasteiger charge is -2.31. The number of rotatable bonds is 3. The molecule has 0 radical (unpaired) electrons. The van der Waals surface area contributed by atoms with E-state index in [9.17, 15) is 0 Å². The van der Waals surface area contributed by atoms with Gasteiger partial charge in [-0.2, -0.15) is 0 Å². The first-order valence-corrected chi connectivity index (χ1v) is 7.48. The summed E-state index contributed by atoms with van der Waals surface area (Å²) >= 11 is 5.09. The minimum Gasteiger partial charge on any atom is -0.393 e. The molecule has 1 aliphatic heterocycles. The smallest absolute Gasteiger partial charge is 0.0759 e. The van der Waals surface area contributed by atoms with Crippen LogP contribution in [0.15, 0.2) is 36.5 Å². The van der Waals surface area contributed by atoms with Crippen LogP contribution in [-0.2, 0) is 6.54 Å². The molecule has 2 heterocycles. The van der Waals surface area contributed by atoms with Crippen molar-refractivity contribution in [1.29, 1.82) is 0 Å². The molecule has 0 atom stereocenters. The van der Waals surface area contributed by atoms with Crippen molar-refractivity contribution < 1.29 is 0 Å². The average molecular weight is 285 g/mol. The molecule has 0 amide bonds. The summed E-state index contributed by atoms with van der Waals surface area (Å²) in [7, 11) is 0. The third-order valence-corrected chi connectivity index (χ3v) is 4.40. The predicted molar refractivity (Wildman–Crippen MR) is 86.5 cm³/mol. The molecule has 3 nitrogen and oxygen atoms in total. The molecule has 3 rings (SSSR count). The second kappa shape index (κ2) is 5.85. The van der Waals surface area contributed by atoms with Crippen molar-refractivity contribution >= 4 is 28.1 Å². The molecule has 0 spiro atoms. The molecule has 1 aromatic heterocycles. The van der Waals surface area contributed by atoms with Gasteiger partial charge in [-0.3, -0.25) is 9.88 Å². The van der Waals surface area contributed by atoms with Gasteiger partial charge in [0.1, 0.15) is 0 Å². The molecular weight excluding hydrogens is 266 g/mol. The molecule has 1 saturated heterocycles. The van der Waals surface area contributed by atoms with Gasteiger partial charge in [-0.15, -0.1) is 0 Å². The lowest BCUT2D eigenvalue weighted by molar-refractivity contribution is 0.202. The Bertz CT molecular complexity index is 618. The molecule has 2 N–H and O–H groups in total. The zero-order valence-electron chi connectivity index (χ0n) is 11.5. The molecule has 1 aromatic carbocycles. The highest BCUT2D eigenvalue weighted by Crippen LogP contribution is 2.20. The van der Waals surface area contributed by atoms with Crippen molar-refractivity contribution in [3.05, 3.63) is 42.1 Å². The number of nitrogens with zero attached hydrogens (tertiary/aromatic N) is 2. The topological polar surface area (TPSA) is 42.1 Å². The Hall–Kier alpha value is -1.52. The Balaban J connectivity index is 1.66. The van der Waals surface area contributed by atoms with Crippen LogP contribution in [0.3, 0.4) is 0 Å². The van der Waals surface area contributed by atoms with Crippen molar-refractivity contribution in [2.75, 3.05) is 13.1 Å². The Kier molecular flexibility index (Phi) is 3.94. The first-order chi connectivity index (χ1) is 9.72. The van der Waals surface area contributed by atoms with Crippen LogP contribution in [0.5, 0.6) is 0 Å². The van der Waals surface area contributed by atoms with Crippen LogP contribution >= 0.6 is 12.2 Å². The number of nitrogens with two attached hydrogens (primary N) is 1. The van der Waals surface area contributed by atoms with Crippen LogP contribution in [0, 0.1) is 5.92 Å². The Morgan fingerprint density at radius 1 is 1.30 bits per heavy atom. The van der Waals surface area contributed by atoms with Crippen LogP contribution in [0.25, 0.3) is 10.9 Å². The first-order valence-electron chi connectivity index (χ1n) is 7.08. The second-order valence-corrected chi connectivity index (χ2v) is 5.95. The summed E-state index contributed by atoms with van der Waals surface area (Å²) in [5, 5.41) is 1.21. The van der Waals surface area contributed by atoms with Crippen LogP contribution in [0.2, 0.25) is 0 Å². The van der Waals surface area contributed by atoms with E-state index >= 15 is 0 Å². The highest BCUT2D eigenvalue weighted by Gasteiger charge is 2.20. The quantitative estimate of drug-likeness (QED) is 0.881. The second-order valence-electron chi connectivity index (χ2n) is 5.48. The zero-order chi connectivity index (χ0) is 13.9. The number of aromatic nitrogens is 1. The molecule has 2 aromatic rings. The number of hydrogen-bond donors (Lipinski definition) is 1. The molecule has 104 valence electrons. The third kappa shape index (κ3) is 2.97. The van der Waals surface area contributed by atoms with E-state index in [2.05, 4.69) is 34.1 Å². The standard InChI is InChI=1S/C16H19N3S/c17-16(20)13-5-8-19(9-6-13)11-12-3-4-15-14(10-12)2-1-7-18-15/h1-4,7,10,13H,5-6,8-9,11H2,(H2,17,20). The number of thiocarbonyl (C=S) groups is 1. The fourth-order valence-electron chi connectivity index (χ4n) is 2.86. The molecule has 0 aliphatic carbocycles. The van der Waals surface area contributed by atoms with Gasteiger partial charge in [0.25, 0.3) is 0 Å². The molecular formula is C16H19N3S. The Morgan fingerprint density at radius 2 is 2.10 bits per heavy atom. The van der Waals surface area contributed by atoms with E-state index in [1.165, 1.54) is 10.9 Å². The number of hydrogen-bond acceptors (Lipinski definition) is 3. The van der Waals surface area contributed by atoms with Crippen molar-refractivity contribution in [3.63, 3.8) is 0 Å². The van der Waals surface area contributed by atoms with Crippen molar-refractivity contribution in [2.45, 2.75) is 19.4 Å². The minimum absolute atomic E-state index is 0.432. The van der Waals surface area contributed by atoms with E-state index in [-0.39, 0.29) is 0 Å². The van der Waals surface area contributed by atoms with Gasteiger partial charge < -0.3 is 5.73 Å². The summed E-state index contributed by atoms with van der Waals surface area (Å²) in [5.74, 6) is 0.432. The van der Waals surface area contributed by atoms with E-state index in [1.807, 2.05) is 12.3 Å². The zero-order valence-corrected chi connectivity index (χ0v) is 12.3. The lowest BCUT2D eigenvalue weighted by atomic mass is 9.96. The largest absolute Gasteiger partial charge is 0.393 e. The van der Waals surface area contributed by atoms with Gasteiger partial charge in [0.15, 0.2) is 0 Å². The van der Waals surface area contributed by atoms with Gasteiger partial charge in [-0.1, -0.05) is 24.4 Å². The summed E-state index contributed by atoms with van der Waals surface area (Å²) < 4.78 is 0. The number of likely N-dealkylation sites (tertiary alicyclic amines) is 1. The highest BCUT2D eigenvalue weighted by molar-refractivity contribution is 7.80. The Labute approximate surface area is 124 Å². The molecule has 0 unspecified atom stereocenters. The molecule has 4 heteroatoms. The number of fused-ring (bicyclic) bond motifs is 1. The maximum Gasteiger partial charge on any atom is 0.0759 e. The summed E-state index contributed by atoms with van der Waals surface area (Å²) in [4.78, 5) is 7.52. The summed E-state index contributed by atoms with van der Waals surface area (Å²) in [6.07, 6.45) is 4.01. The van der Waals surface area contributed by atoms with Crippen LogP contribution in [-0.4, -0.2) is 28.0 Å². The van der Waals surface area contributed by atoms with Gasteiger partial charge in [-0.05, 0) is 49.7 Å². The summed E-state index contributed by atoms with van der Waals surface area (Å²) in [6.45, 7) is 3.15. The fraction of sp³-hybridized carbons (Fsp3) is 0.375. The van der Waals surface area contributed by atoms with Crippen molar-refractivity contribution in [2.24, 2.45) is 11.7 Å². The van der Waals surface area contributed by atoms with E-state index < -0.39 is 0 Å². The normalized spacial score (nSPS) is 17.4. The molecule has 0 saturated carbocycles. The minimum atomic E-state index is 0.432. The third-order valence-electron chi connectivity index (χ3n) is 4.06. The van der Waals surface area contributed by atoms with Crippen molar-refractivity contribution in [3.8, 4) is 0 Å². The van der Waals surface area contributed by atoms with Crippen molar-refractivity contribution in [1.82, 2.24) is 9.88 Å². The number of benzene rings is 1. The first kappa shape index (κ1) is 13.5. The number of pyridine rings is 1. The summed E-state index contributed by atoms with van der Waals surface area (Å²) in [5.41, 5.74) is 8.14. The van der Waals surface area contributed by atoms with Crippen LogP contribution in [0.1, 0.15) is 18.4 Å². The van der Waals surface area contributed by atoms with Gasteiger partial charge >= 0.3 is 0 Å². The highest BCUT2D eigenvalue weighted by atomic mass is 32.1. The van der Waals surface area contributed by atoms with Gasteiger partial charge in [0.2, 0.25) is 0 Å². The van der Waals surface area contributed by atoms with E-state index in [1.54, 1.807) is 0 Å². The van der Waals surface area contributed by atoms with Gasteiger partial charge in [0, 0.05) is 24.0 Å². The lowest BCUT2D eigenvalue weighted by Crippen LogP contribution is -2.37. The number of piperidine rings is 1. The van der Waals surface area contributed by atoms with Gasteiger partial charge in [-0.25, -0.2) is 0 Å². The van der Waals surface area contributed by atoms with Crippen LogP contribution < -0.4 is 5.73 Å². The average Bonchev–Trinajstić information content (AvgIpc) is 2.48. The molecule has 20 heavy (non-hydrogen) atoms. The van der Waals surface area contributed by atoms with Crippen LogP contribution in [0.4, 0.5) is 0 Å². The van der Waals surface area contributed by atoms with E-state index in [0.29, 0.717) is 10.9 Å². The van der Waals surface area contributed by atoms with E-state index in [4.69, 9.17) is 18.0 Å². The maximum absolute atomic E-state index is 5.73. The summed E-state index contributed by atoms with van der Waals surface area (Å²) in [6, 6.07) is 10.6.